The van der Waals surface area contributed by atoms with Gasteiger partial charge in [0, 0.05) is 17.8 Å². The maximum atomic E-state index is 15.3. The molecule has 0 radical (unpaired) electrons. The van der Waals surface area contributed by atoms with Crippen LogP contribution in [0, 0.1) is 17.1 Å². The highest BCUT2D eigenvalue weighted by Crippen LogP contribution is 2.61. The molecule has 0 bridgehead atoms. The van der Waals surface area contributed by atoms with Gasteiger partial charge in [-0.1, -0.05) is 16.5 Å². The Morgan fingerprint density at radius 3 is 2.17 bits per heavy atom. The van der Waals surface area contributed by atoms with Gasteiger partial charge in [-0.3, -0.25) is 4.79 Å². The number of hydrogen-bond acceptors (Lipinski definition) is 8. The van der Waals surface area contributed by atoms with Crippen LogP contribution in [-0.4, -0.2) is 129 Å². The monoisotopic (exact) mass is 626 g/mol. The van der Waals surface area contributed by atoms with E-state index in [1.807, 2.05) is 20.0 Å². The lowest BCUT2D eigenvalue weighted by Gasteiger charge is -2.75. The molecule has 2 aliphatic heterocycles. The molecule has 2 aliphatic rings. The molecule has 2 aromatic heterocycles. The fraction of sp³-hybridized carbons (Fsp3) is 0.370. The van der Waals surface area contributed by atoms with E-state index in [1.54, 1.807) is 27.0 Å². The molecular formula is C27H36B9FN6O4. The highest BCUT2D eigenvalue weighted by Gasteiger charge is 2.68. The number of hydrogen-bond donors (Lipinski definition) is 1. The van der Waals surface area contributed by atoms with Gasteiger partial charge in [0.15, 0.2) is 0 Å². The molecule has 2 amide bonds. The smallest absolute Gasteiger partial charge is 0.417 e. The van der Waals surface area contributed by atoms with Crippen LogP contribution in [0.2, 0.25) is 10.4 Å². The zero-order valence-corrected chi connectivity index (χ0v) is 29.4. The molecule has 47 heavy (non-hydrogen) atoms. The summed E-state index contributed by atoms with van der Waals surface area (Å²) in [6.07, 6.45) is 0.884. The molecule has 0 saturated carbocycles. The van der Waals surface area contributed by atoms with Crippen LogP contribution in [0.15, 0.2) is 36.5 Å². The number of benzene rings is 1. The van der Waals surface area contributed by atoms with Crippen molar-refractivity contribution in [3.05, 3.63) is 59.2 Å². The van der Waals surface area contributed by atoms with Crippen LogP contribution in [0.3, 0.4) is 0 Å². The van der Waals surface area contributed by atoms with E-state index in [0.29, 0.717) is 5.82 Å². The molecule has 3 aromatic rings. The van der Waals surface area contributed by atoms with Gasteiger partial charge in [-0.15, -0.1) is 0 Å². The minimum Gasteiger partial charge on any atom is -0.443 e. The summed E-state index contributed by atoms with van der Waals surface area (Å²) in [7, 11) is 18.5. The Kier molecular flexibility index (Phi) is 7.84. The molecule has 0 spiro atoms. The second-order valence-electron chi connectivity index (χ2n) is 15.9. The molecule has 232 valence electrons. The Hall–Kier alpha value is -3.72. The fourth-order valence-electron chi connectivity index (χ4n) is 7.31. The number of amides is 2. The molecule has 20 heteroatoms. The number of fused-ring (bicyclic) bond motifs is 1. The van der Waals surface area contributed by atoms with Gasteiger partial charge >= 0.3 is 6.09 Å². The Balaban J connectivity index is 1.72. The SMILES string of the molecule is BC1(B)N(c2ccn(-c3cc(-c4c(F)cccc4C#N)nc4c3C(=O)N(C(=O)OC(C)(C)C)C4)n2)C(B)(B)C(B)(B)C(B)(O)C1(B)B. The highest BCUT2D eigenvalue weighted by molar-refractivity contribution is 6.66. The number of nitrogens with zero attached hydrogens (tertiary/aromatic N) is 6. The summed E-state index contributed by atoms with van der Waals surface area (Å²) >= 11 is 0. The molecule has 0 aliphatic carbocycles. The van der Waals surface area contributed by atoms with Gasteiger partial charge in [-0.25, -0.2) is 23.8 Å². The maximum Gasteiger partial charge on any atom is 0.417 e. The summed E-state index contributed by atoms with van der Waals surface area (Å²) in [5.74, 6) is -0.668. The number of piperidine rings is 1. The number of halogens is 1. The van der Waals surface area contributed by atoms with E-state index in [1.165, 1.54) is 28.9 Å². The van der Waals surface area contributed by atoms with E-state index in [2.05, 4.69) is 72.7 Å². The van der Waals surface area contributed by atoms with Gasteiger partial charge in [-0.2, -0.15) is 10.4 Å². The quantitative estimate of drug-likeness (QED) is 0.287. The molecular weight excluding hydrogens is 589 g/mol. The second kappa shape index (κ2) is 10.6. The van der Waals surface area contributed by atoms with Crippen LogP contribution in [0.4, 0.5) is 15.0 Å². The summed E-state index contributed by atoms with van der Waals surface area (Å²) in [4.78, 5) is 34.8. The molecule has 4 heterocycles. The first-order valence-corrected chi connectivity index (χ1v) is 15.8. The van der Waals surface area contributed by atoms with Crippen molar-refractivity contribution in [1.82, 2.24) is 19.7 Å². The molecule has 0 unspecified atom stereocenters. The minimum atomic E-state index is -1.07. The summed E-state index contributed by atoms with van der Waals surface area (Å²) in [6.45, 7) is 4.92. The van der Waals surface area contributed by atoms with Crippen LogP contribution >= 0.6 is 0 Å². The van der Waals surface area contributed by atoms with Crippen LogP contribution < -0.4 is 4.90 Å². The van der Waals surface area contributed by atoms with Gasteiger partial charge in [-0.05, 0) is 49.6 Å². The standard InChI is InChI=1S/C27H36B9FN6O4/c1-22(2,3)47-21(45)41-11-15-19(20(41)44)16(9-14(39-15)18-12(10-38)5-4-6-13(18)37)42-8-7-17(40-42)43-26(33,34)23(28,29)25(32,46)24(30,31)27(43,35)36/h4-9,46H,11,28-36H2,1-3H3. The summed E-state index contributed by atoms with van der Waals surface area (Å²) in [6, 6.07) is 9.58. The number of rotatable bonds is 3. The number of carbonyl (C=O) groups excluding carboxylic acids is 2. The number of carbonyl (C=O) groups is 2. The van der Waals surface area contributed by atoms with Gasteiger partial charge in [0.05, 0.1) is 46.4 Å². The van der Waals surface area contributed by atoms with Crippen molar-refractivity contribution in [2.24, 2.45) is 0 Å². The van der Waals surface area contributed by atoms with Crippen molar-refractivity contribution in [2.75, 3.05) is 4.90 Å². The third-order valence-electron chi connectivity index (χ3n) is 11.5. The van der Waals surface area contributed by atoms with Gasteiger partial charge in [0.2, 0.25) is 0 Å². The number of ether oxygens (including phenoxy) is 1. The predicted molar refractivity (Wildman–Crippen MR) is 203 cm³/mol. The molecule has 1 aromatic carbocycles. The van der Waals surface area contributed by atoms with Crippen molar-refractivity contribution in [3.8, 4) is 23.0 Å². The van der Waals surface area contributed by atoms with E-state index in [9.17, 15) is 20.0 Å². The number of aliphatic hydroxyl groups is 1. The third kappa shape index (κ3) is 4.90. The van der Waals surface area contributed by atoms with E-state index >= 15 is 4.39 Å². The topological polar surface area (TPSA) is 125 Å². The van der Waals surface area contributed by atoms with E-state index in [4.69, 9.17) is 9.84 Å². The van der Waals surface area contributed by atoms with Crippen molar-refractivity contribution in [2.45, 2.75) is 59.5 Å². The van der Waals surface area contributed by atoms with Crippen LogP contribution in [0.1, 0.15) is 42.4 Å². The van der Waals surface area contributed by atoms with Gasteiger partial charge in [0.25, 0.3) is 5.91 Å². The van der Waals surface area contributed by atoms with E-state index < -0.39 is 50.0 Å². The van der Waals surface area contributed by atoms with Crippen molar-refractivity contribution < 1.29 is 23.8 Å². The number of anilines is 1. The average molecular weight is 625 g/mol. The summed E-state index contributed by atoms with van der Waals surface area (Å²) in [5.41, 5.74) is -1.09. The first kappa shape index (κ1) is 34.6. The third-order valence-corrected chi connectivity index (χ3v) is 11.5. The Labute approximate surface area is 283 Å². The van der Waals surface area contributed by atoms with Crippen molar-refractivity contribution in [3.63, 3.8) is 0 Å². The van der Waals surface area contributed by atoms with E-state index in [-0.39, 0.29) is 40.3 Å². The number of pyridine rings is 1. The fourth-order valence-corrected chi connectivity index (χ4v) is 7.31. The Morgan fingerprint density at radius 1 is 1.02 bits per heavy atom. The number of aromatic nitrogens is 3. The number of nitriles is 1. The highest BCUT2D eigenvalue weighted by atomic mass is 19.1. The molecule has 1 saturated heterocycles. The second-order valence-corrected chi connectivity index (χ2v) is 15.9. The van der Waals surface area contributed by atoms with Gasteiger partial charge < -0.3 is 14.7 Å². The first-order chi connectivity index (χ1) is 21.4. The zero-order valence-electron chi connectivity index (χ0n) is 29.4. The number of imide groups is 1. The first-order valence-electron chi connectivity index (χ1n) is 15.8. The lowest BCUT2D eigenvalue weighted by atomic mass is 9.12. The average Bonchev–Trinajstić information content (AvgIpc) is 3.55. The summed E-state index contributed by atoms with van der Waals surface area (Å²) in [5, 5.41) is 24.4. The molecule has 10 nitrogen and oxygen atoms in total. The Bertz CT molecular complexity index is 1840. The lowest BCUT2D eigenvalue weighted by Crippen LogP contribution is -2.85. The minimum absolute atomic E-state index is 0.0152. The van der Waals surface area contributed by atoms with Crippen molar-refractivity contribution in [1.29, 1.82) is 5.26 Å². The van der Waals surface area contributed by atoms with Gasteiger partial charge in [0.1, 0.15) is 87.9 Å². The molecule has 5 rings (SSSR count). The molecule has 1 N–H and O–H groups in total. The zero-order chi connectivity index (χ0) is 35.3. The largest absolute Gasteiger partial charge is 0.443 e. The van der Waals surface area contributed by atoms with Crippen LogP contribution in [0.25, 0.3) is 16.9 Å². The molecule has 1 fully saturated rings. The van der Waals surface area contributed by atoms with Crippen molar-refractivity contribution >= 4 is 88.4 Å². The van der Waals surface area contributed by atoms with E-state index in [0.717, 1.165) is 4.90 Å². The normalized spacial score (nSPS) is 20.3. The Morgan fingerprint density at radius 2 is 1.62 bits per heavy atom. The summed E-state index contributed by atoms with van der Waals surface area (Å²) < 4.78 is 22.3. The maximum absolute atomic E-state index is 15.3. The lowest BCUT2D eigenvalue weighted by molar-refractivity contribution is 0.0247. The van der Waals surface area contributed by atoms with Crippen LogP contribution in [0.5, 0.6) is 0 Å². The molecule has 0 atom stereocenters. The van der Waals surface area contributed by atoms with Crippen LogP contribution in [-0.2, 0) is 11.3 Å². The predicted octanol–water partition coefficient (Wildman–Crippen LogP) is -5.42.